The van der Waals surface area contributed by atoms with Crippen LogP contribution >= 0.6 is 0 Å². The maximum absolute atomic E-state index is 12.6. The third-order valence-corrected chi connectivity index (χ3v) is 7.02. The summed E-state index contributed by atoms with van der Waals surface area (Å²) >= 11 is 0. The summed E-state index contributed by atoms with van der Waals surface area (Å²) < 4.78 is 1.84. The SMILES string of the molecule is CCCCCCCCn1cc(/C=C/C(=O)c2ccc(NC(=O)CN3CCN(c4ccccc4)CC3)cc2)nn1. The molecule has 0 spiro atoms. The number of unbranched alkanes of at least 4 members (excludes halogenated alkanes) is 5. The van der Waals surface area contributed by atoms with E-state index in [2.05, 4.69) is 56.6 Å². The summed E-state index contributed by atoms with van der Waals surface area (Å²) in [5.74, 6) is -0.166. The highest BCUT2D eigenvalue weighted by molar-refractivity contribution is 6.07. The number of ketones is 1. The molecule has 1 aliphatic heterocycles. The molecule has 0 saturated carbocycles. The maximum Gasteiger partial charge on any atom is 0.238 e. The van der Waals surface area contributed by atoms with Crippen LogP contribution in [-0.2, 0) is 11.3 Å². The molecule has 0 aliphatic carbocycles. The van der Waals surface area contributed by atoms with Gasteiger partial charge < -0.3 is 10.2 Å². The Morgan fingerprint density at radius 1 is 0.897 bits per heavy atom. The first-order valence-electron chi connectivity index (χ1n) is 14.2. The topological polar surface area (TPSA) is 83.4 Å². The van der Waals surface area contributed by atoms with Crippen molar-refractivity contribution in [3.05, 3.63) is 78.1 Å². The molecule has 0 radical (unpaired) electrons. The molecule has 39 heavy (non-hydrogen) atoms. The van der Waals surface area contributed by atoms with Crippen LogP contribution in [0.3, 0.4) is 0 Å². The number of amides is 1. The summed E-state index contributed by atoms with van der Waals surface area (Å²) in [6.45, 7) is 6.91. The van der Waals surface area contributed by atoms with Crippen LogP contribution in [0.25, 0.3) is 6.08 Å². The average molecular weight is 529 g/mol. The van der Waals surface area contributed by atoms with Crippen molar-refractivity contribution < 1.29 is 9.59 Å². The number of hydrogen-bond acceptors (Lipinski definition) is 6. The lowest BCUT2D eigenvalue weighted by molar-refractivity contribution is -0.117. The van der Waals surface area contributed by atoms with E-state index in [0.29, 0.717) is 23.5 Å². The molecule has 3 aromatic rings. The number of aromatic nitrogens is 3. The van der Waals surface area contributed by atoms with E-state index in [4.69, 9.17) is 0 Å². The molecule has 1 aromatic heterocycles. The fraction of sp³-hybridized carbons (Fsp3) is 0.419. The van der Waals surface area contributed by atoms with Crippen molar-refractivity contribution in [1.29, 1.82) is 0 Å². The number of nitrogens with zero attached hydrogens (tertiary/aromatic N) is 5. The van der Waals surface area contributed by atoms with Gasteiger partial charge in [-0.1, -0.05) is 62.4 Å². The molecule has 8 nitrogen and oxygen atoms in total. The first-order valence-corrected chi connectivity index (χ1v) is 14.2. The molecule has 0 unspecified atom stereocenters. The van der Waals surface area contributed by atoms with E-state index in [9.17, 15) is 9.59 Å². The number of aryl methyl sites for hydroxylation is 1. The summed E-state index contributed by atoms with van der Waals surface area (Å²) in [5.41, 5.74) is 3.13. The zero-order valence-corrected chi connectivity index (χ0v) is 23.0. The summed E-state index contributed by atoms with van der Waals surface area (Å²) in [4.78, 5) is 29.7. The van der Waals surface area contributed by atoms with Gasteiger partial charge in [-0.15, -0.1) is 5.10 Å². The molecule has 1 fully saturated rings. The van der Waals surface area contributed by atoms with Crippen molar-refractivity contribution in [3.8, 4) is 0 Å². The summed E-state index contributed by atoms with van der Waals surface area (Å²) in [7, 11) is 0. The normalized spacial score (nSPS) is 14.1. The van der Waals surface area contributed by atoms with E-state index in [1.54, 1.807) is 30.3 Å². The molecular formula is C31H40N6O2. The quantitative estimate of drug-likeness (QED) is 0.174. The van der Waals surface area contributed by atoms with Crippen molar-refractivity contribution in [1.82, 2.24) is 19.9 Å². The van der Waals surface area contributed by atoms with Crippen molar-refractivity contribution in [3.63, 3.8) is 0 Å². The molecule has 206 valence electrons. The molecule has 4 rings (SSSR count). The number of carbonyl (C=O) groups is 2. The minimum atomic E-state index is -0.116. The van der Waals surface area contributed by atoms with E-state index in [1.165, 1.54) is 43.9 Å². The van der Waals surface area contributed by atoms with Crippen molar-refractivity contribution in [2.24, 2.45) is 0 Å². The average Bonchev–Trinajstić information content (AvgIpc) is 3.42. The minimum Gasteiger partial charge on any atom is -0.369 e. The van der Waals surface area contributed by atoms with Crippen LogP contribution in [0.5, 0.6) is 0 Å². The Morgan fingerprint density at radius 3 is 2.36 bits per heavy atom. The number of benzene rings is 2. The number of anilines is 2. The number of piperazine rings is 1. The third-order valence-electron chi connectivity index (χ3n) is 7.02. The molecule has 1 N–H and O–H groups in total. The lowest BCUT2D eigenvalue weighted by Gasteiger charge is -2.35. The standard InChI is InChI=1S/C31H40N6O2/c1-2-3-4-5-6-10-19-37-24-28(33-34-37)17-18-30(38)26-13-15-27(16-14-26)32-31(39)25-35-20-22-36(23-21-35)29-11-8-7-9-12-29/h7-9,11-18,24H,2-6,10,19-23,25H2,1H3,(H,32,39)/b18-17+. The minimum absolute atomic E-state index is 0.0498. The molecule has 0 bridgehead atoms. The highest BCUT2D eigenvalue weighted by Crippen LogP contribution is 2.16. The van der Waals surface area contributed by atoms with Gasteiger partial charge in [-0.2, -0.15) is 0 Å². The van der Waals surface area contributed by atoms with Gasteiger partial charge in [-0.3, -0.25) is 19.2 Å². The highest BCUT2D eigenvalue weighted by Gasteiger charge is 2.19. The molecule has 2 heterocycles. The van der Waals surface area contributed by atoms with Gasteiger partial charge in [-0.05, 0) is 55.0 Å². The Kier molecular flexibility index (Phi) is 10.8. The van der Waals surface area contributed by atoms with E-state index in [1.807, 2.05) is 16.9 Å². The number of allylic oxidation sites excluding steroid dienone is 1. The van der Waals surface area contributed by atoms with Crippen LogP contribution < -0.4 is 10.2 Å². The summed E-state index contributed by atoms with van der Waals surface area (Å²) in [6, 6.07) is 17.4. The van der Waals surface area contributed by atoms with Crippen LogP contribution in [-0.4, -0.2) is 64.3 Å². The van der Waals surface area contributed by atoms with Gasteiger partial charge in [0.2, 0.25) is 5.91 Å². The highest BCUT2D eigenvalue weighted by atomic mass is 16.2. The van der Waals surface area contributed by atoms with Crippen molar-refractivity contribution in [2.75, 3.05) is 42.9 Å². The van der Waals surface area contributed by atoms with Gasteiger partial charge in [0.25, 0.3) is 0 Å². The first-order chi connectivity index (χ1) is 19.1. The second kappa shape index (κ2) is 15.0. The van der Waals surface area contributed by atoms with Crippen LogP contribution in [0.1, 0.15) is 61.5 Å². The van der Waals surface area contributed by atoms with Crippen LogP contribution in [0.15, 0.2) is 66.9 Å². The van der Waals surface area contributed by atoms with E-state index < -0.39 is 0 Å². The van der Waals surface area contributed by atoms with Gasteiger partial charge >= 0.3 is 0 Å². The second-order valence-corrected chi connectivity index (χ2v) is 10.1. The van der Waals surface area contributed by atoms with Crippen LogP contribution in [0.2, 0.25) is 0 Å². The summed E-state index contributed by atoms with van der Waals surface area (Å²) in [6.07, 6.45) is 12.5. The predicted octanol–water partition coefficient (Wildman–Crippen LogP) is 5.30. The van der Waals surface area contributed by atoms with Crippen molar-refractivity contribution in [2.45, 2.75) is 52.0 Å². The van der Waals surface area contributed by atoms with Crippen LogP contribution in [0.4, 0.5) is 11.4 Å². The molecule has 0 atom stereocenters. The zero-order valence-electron chi connectivity index (χ0n) is 23.0. The molecular weight excluding hydrogens is 488 g/mol. The number of nitrogens with one attached hydrogen (secondary N) is 1. The zero-order chi connectivity index (χ0) is 27.3. The molecule has 1 saturated heterocycles. The number of carbonyl (C=O) groups excluding carboxylic acids is 2. The fourth-order valence-corrected chi connectivity index (χ4v) is 4.73. The third kappa shape index (κ3) is 9.18. The number of para-hydroxylation sites is 1. The molecule has 2 aromatic carbocycles. The molecule has 8 heteroatoms. The van der Waals surface area contributed by atoms with E-state index in [-0.39, 0.29) is 11.7 Å². The lowest BCUT2D eigenvalue weighted by atomic mass is 10.1. The van der Waals surface area contributed by atoms with Gasteiger partial charge in [0.15, 0.2) is 5.78 Å². The Labute approximate surface area is 231 Å². The second-order valence-electron chi connectivity index (χ2n) is 10.1. The smallest absolute Gasteiger partial charge is 0.238 e. The lowest BCUT2D eigenvalue weighted by Crippen LogP contribution is -2.48. The molecule has 1 amide bonds. The Bertz CT molecular complexity index is 1200. The number of hydrogen-bond donors (Lipinski definition) is 1. The number of rotatable bonds is 14. The van der Waals surface area contributed by atoms with E-state index in [0.717, 1.165) is 39.1 Å². The van der Waals surface area contributed by atoms with Gasteiger partial charge in [0.05, 0.1) is 12.7 Å². The first kappa shape index (κ1) is 28.2. The van der Waals surface area contributed by atoms with E-state index >= 15 is 0 Å². The fourth-order valence-electron chi connectivity index (χ4n) is 4.73. The monoisotopic (exact) mass is 528 g/mol. The predicted molar refractivity (Wildman–Crippen MR) is 157 cm³/mol. The maximum atomic E-state index is 12.6. The summed E-state index contributed by atoms with van der Waals surface area (Å²) in [5, 5.41) is 11.2. The van der Waals surface area contributed by atoms with Gasteiger partial charge in [-0.25, -0.2) is 0 Å². The van der Waals surface area contributed by atoms with Crippen LogP contribution in [0, 0.1) is 0 Å². The molecule has 1 aliphatic rings. The van der Waals surface area contributed by atoms with Crippen molar-refractivity contribution >= 4 is 29.1 Å². The Morgan fingerprint density at radius 2 is 1.62 bits per heavy atom. The van der Waals surface area contributed by atoms with Gasteiger partial charge in [0, 0.05) is 49.7 Å². The Hall–Kier alpha value is -3.78. The van der Waals surface area contributed by atoms with Gasteiger partial charge in [0.1, 0.15) is 5.69 Å². The largest absolute Gasteiger partial charge is 0.369 e. The Balaban J connectivity index is 1.17.